The van der Waals surface area contributed by atoms with E-state index in [-0.39, 0.29) is 25.1 Å². The van der Waals surface area contributed by atoms with Crippen molar-refractivity contribution in [1.29, 1.82) is 0 Å². The Bertz CT molecular complexity index is 422. The van der Waals surface area contributed by atoms with Crippen molar-refractivity contribution in [2.45, 2.75) is 13.0 Å². The number of carbonyl (C=O) groups excluding carboxylic acids is 1. The highest BCUT2D eigenvalue weighted by atomic mass is 16.5. The van der Waals surface area contributed by atoms with E-state index in [1.807, 2.05) is 25.1 Å². The number of terminal acetylenes is 1. The minimum Gasteiger partial charge on any atom is -0.484 e. The fourth-order valence-corrected chi connectivity index (χ4v) is 1.24. The van der Waals surface area contributed by atoms with E-state index in [0.29, 0.717) is 5.75 Å². The maximum Gasteiger partial charge on any atom is 0.258 e. The molecule has 0 aliphatic heterocycles. The van der Waals surface area contributed by atoms with Gasteiger partial charge in [0.05, 0.1) is 6.54 Å². The summed E-state index contributed by atoms with van der Waals surface area (Å²) in [4.78, 5) is 11.2. The van der Waals surface area contributed by atoms with Crippen LogP contribution in [0.4, 0.5) is 0 Å². The molecule has 0 bridgehead atoms. The second kappa shape index (κ2) is 6.56. The molecule has 0 spiro atoms. The number of nitrogens with one attached hydrogen (secondary N) is 1. The molecule has 0 radical (unpaired) electrons. The monoisotopic (exact) mass is 232 g/mol. The Labute approximate surface area is 101 Å². The predicted octanol–water partition coefficient (Wildman–Crippen LogP) is 0.834. The number of benzene rings is 1. The Morgan fingerprint density at radius 1 is 1.65 bits per heavy atom. The zero-order valence-electron chi connectivity index (χ0n) is 9.77. The molecule has 3 N–H and O–H groups in total. The lowest BCUT2D eigenvalue weighted by atomic mass is 10.1. The maximum atomic E-state index is 11.2. The highest BCUT2D eigenvalue weighted by molar-refractivity contribution is 5.77. The lowest BCUT2D eigenvalue weighted by molar-refractivity contribution is -0.122. The number of hydrogen-bond donors (Lipinski definition) is 2. The van der Waals surface area contributed by atoms with Gasteiger partial charge in [0.15, 0.2) is 6.61 Å². The lowest BCUT2D eigenvalue weighted by Crippen LogP contribution is -2.29. The molecule has 4 heteroatoms. The first-order valence-electron chi connectivity index (χ1n) is 5.32. The second-order valence-electron chi connectivity index (χ2n) is 3.63. The molecule has 1 aromatic carbocycles. The Morgan fingerprint density at radius 2 is 2.41 bits per heavy atom. The van der Waals surface area contributed by atoms with Crippen LogP contribution in [0.3, 0.4) is 0 Å². The quantitative estimate of drug-likeness (QED) is 0.739. The number of rotatable bonds is 5. The van der Waals surface area contributed by atoms with Gasteiger partial charge in [0.1, 0.15) is 5.75 Å². The Morgan fingerprint density at radius 3 is 3.06 bits per heavy atom. The molecule has 1 aromatic rings. The van der Waals surface area contributed by atoms with Crippen LogP contribution in [0.5, 0.6) is 5.75 Å². The highest BCUT2D eigenvalue weighted by Crippen LogP contribution is 2.17. The molecule has 0 fully saturated rings. The Kier molecular flexibility index (Phi) is 5.05. The average molecular weight is 232 g/mol. The number of hydrogen-bond acceptors (Lipinski definition) is 3. The summed E-state index contributed by atoms with van der Waals surface area (Å²) < 4.78 is 5.32. The van der Waals surface area contributed by atoms with Crippen LogP contribution in [0.1, 0.15) is 18.5 Å². The first kappa shape index (κ1) is 13.1. The van der Waals surface area contributed by atoms with Crippen LogP contribution >= 0.6 is 0 Å². The van der Waals surface area contributed by atoms with Crippen molar-refractivity contribution in [2.75, 3.05) is 13.2 Å². The number of carbonyl (C=O) groups is 1. The second-order valence-corrected chi connectivity index (χ2v) is 3.63. The molecule has 17 heavy (non-hydrogen) atoms. The summed E-state index contributed by atoms with van der Waals surface area (Å²) >= 11 is 0. The van der Waals surface area contributed by atoms with Crippen LogP contribution in [0.15, 0.2) is 24.3 Å². The summed E-state index contributed by atoms with van der Waals surface area (Å²) in [6, 6.07) is 7.29. The van der Waals surface area contributed by atoms with E-state index < -0.39 is 0 Å². The van der Waals surface area contributed by atoms with Gasteiger partial charge in [-0.3, -0.25) is 4.79 Å². The predicted molar refractivity (Wildman–Crippen MR) is 66.4 cm³/mol. The minimum atomic E-state index is -0.242. The van der Waals surface area contributed by atoms with Crippen LogP contribution < -0.4 is 15.8 Å². The van der Waals surface area contributed by atoms with Crippen molar-refractivity contribution in [2.24, 2.45) is 5.73 Å². The molecular formula is C13H16N2O2. The Hall–Kier alpha value is -1.99. The van der Waals surface area contributed by atoms with Crippen molar-refractivity contribution in [3.63, 3.8) is 0 Å². The van der Waals surface area contributed by atoms with Crippen LogP contribution in [0, 0.1) is 12.3 Å². The molecule has 0 saturated heterocycles. The largest absolute Gasteiger partial charge is 0.484 e. The van der Waals surface area contributed by atoms with E-state index in [4.69, 9.17) is 16.9 Å². The molecule has 90 valence electrons. The Balaban J connectivity index is 2.49. The summed E-state index contributed by atoms with van der Waals surface area (Å²) in [5.74, 6) is 2.70. The summed E-state index contributed by atoms with van der Waals surface area (Å²) in [6.45, 7) is 2.05. The molecule has 1 atom stereocenters. The average Bonchev–Trinajstić information content (AvgIpc) is 2.34. The van der Waals surface area contributed by atoms with Gasteiger partial charge in [-0.25, -0.2) is 0 Å². The third-order valence-electron chi connectivity index (χ3n) is 2.14. The van der Waals surface area contributed by atoms with E-state index in [9.17, 15) is 4.79 Å². The van der Waals surface area contributed by atoms with E-state index in [2.05, 4.69) is 11.2 Å². The standard InChI is InChI=1S/C13H16N2O2/c1-3-7-15-13(16)9-17-12-6-4-5-11(8-12)10(2)14/h1,4-6,8,10H,7,9,14H2,2H3,(H,15,16). The zero-order valence-corrected chi connectivity index (χ0v) is 9.77. The van der Waals surface area contributed by atoms with Gasteiger partial charge >= 0.3 is 0 Å². The first-order valence-corrected chi connectivity index (χ1v) is 5.32. The van der Waals surface area contributed by atoms with Gasteiger partial charge in [0.2, 0.25) is 0 Å². The van der Waals surface area contributed by atoms with Crippen LogP contribution in [-0.4, -0.2) is 19.1 Å². The van der Waals surface area contributed by atoms with Gasteiger partial charge in [-0.2, -0.15) is 0 Å². The molecule has 4 nitrogen and oxygen atoms in total. The lowest BCUT2D eigenvalue weighted by Gasteiger charge is -2.09. The summed E-state index contributed by atoms with van der Waals surface area (Å²) in [5.41, 5.74) is 6.71. The van der Waals surface area contributed by atoms with Crippen LogP contribution in [0.2, 0.25) is 0 Å². The van der Waals surface area contributed by atoms with Crippen molar-refractivity contribution in [3.05, 3.63) is 29.8 Å². The maximum absolute atomic E-state index is 11.2. The van der Waals surface area contributed by atoms with E-state index in [1.54, 1.807) is 6.07 Å². The number of amides is 1. The van der Waals surface area contributed by atoms with Gasteiger partial charge in [-0.1, -0.05) is 18.1 Å². The van der Waals surface area contributed by atoms with Crippen LogP contribution in [-0.2, 0) is 4.79 Å². The van der Waals surface area contributed by atoms with Gasteiger partial charge in [-0.05, 0) is 24.6 Å². The van der Waals surface area contributed by atoms with Gasteiger partial charge in [0, 0.05) is 6.04 Å². The molecule has 1 unspecified atom stereocenters. The summed E-state index contributed by atoms with van der Waals surface area (Å²) in [5, 5.41) is 2.52. The minimum absolute atomic E-state index is 0.0515. The molecule has 1 amide bonds. The van der Waals surface area contributed by atoms with Crippen LogP contribution in [0.25, 0.3) is 0 Å². The highest BCUT2D eigenvalue weighted by Gasteiger charge is 2.03. The van der Waals surface area contributed by atoms with E-state index in [1.165, 1.54) is 0 Å². The van der Waals surface area contributed by atoms with E-state index in [0.717, 1.165) is 5.56 Å². The first-order chi connectivity index (χ1) is 8.13. The third kappa shape index (κ3) is 4.58. The molecule has 0 heterocycles. The number of ether oxygens (including phenoxy) is 1. The zero-order chi connectivity index (χ0) is 12.7. The summed E-state index contributed by atoms with van der Waals surface area (Å²) in [7, 11) is 0. The molecule has 0 saturated carbocycles. The fourth-order valence-electron chi connectivity index (χ4n) is 1.24. The van der Waals surface area contributed by atoms with Gasteiger partial charge in [0.25, 0.3) is 5.91 Å². The number of nitrogens with two attached hydrogens (primary N) is 1. The molecular weight excluding hydrogens is 216 g/mol. The smallest absolute Gasteiger partial charge is 0.258 e. The molecule has 0 aliphatic rings. The molecule has 0 aliphatic carbocycles. The van der Waals surface area contributed by atoms with Gasteiger partial charge < -0.3 is 15.8 Å². The van der Waals surface area contributed by atoms with Crippen molar-refractivity contribution in [3.8, 4) is 18.1 Å². The molecule has 1 rings (SSSR count). The molecule has 0 aromatic heterocycles. The fraction of sp³-hybridized carbons (Fsp3) is 0.308. The van der Waals surface area contributed by atoms with Gasteiger partial charge in [-0.15, -0.1) is 6.42 Å². The van der Waals surface area contributed by atoms with E-state index >= 15 is 0 Å². The van der Waals surface area contributed by atoms with Crippen molar-refractivity contribution >= 4 is 5.91 Å². The SMILES string of the molecule is C#CCNC(=O)COc1cccc(C(C)N)c1. The normalized spacial score (nSPS) is 11.4. The van der Waals surface area contributed by atoms with Crippen molar-refractivity contribution < 1.29 is 9.53 Å². The van der Waals surface area contributed by atoms with Crippen molar-refractivity contribution in [1.82, 2.24) is 5.32 Å². The topological polar surface area (TPSA) is 64.3 Å². The summed E-state index contributed by atoms with van der Waals surface area (Å²) in [6.07, 6.45) is 5.02. The third-order valence-corrected chi connectivity index (χ3v) is 2.14.